The molecule has 0 bridgehead atoms. The van der Waals surface area contributed by atoms with Gasteiger partial charge in [-0.05, 0) is 17.3 Å². The molecule has 0 fully saturated rings. The number of benzene rings is 1. The summed E-state index contributed by atoms with van der Waals surface area (Å²) in [6.07, 6.45) is -8.23. The van der Waals surface area contributed by atoms with Crippen molar-refractivity contribution >= 4 is 11.4 Å². The van der Waals surface area contributed by atoms with Gasteiger partial charge in [-0.2, -0.15) is 17.6 Å². The van der Waals surface area contributed by atoms with Crippen molar-refractivity contribution < 1.29 is 22.3 Å². The molecule has 17 heavy (non-hydrogen) atoms. The van der Waals surface area contributed by atoms with Crippen LogP contribution < -0.4 is 5.32 Å². The van der Waals surface area contributed by atoms with Crippen molar-refractivity contribution in [3.05, 3.63) is 28.2 Å². The standard InChI is InChI=1S/C9H6F4N2O2/c1-14-6-2-4-5(3-7(6)15-16)9(12,13)17-8(4,10)11/h2-3,14H,1H3. The molecule has 1 aliphatic heterocycles. The summed E-state index contributed by atoms with van der Waals surface area (Å²) in [5, 5.41) is 4.90. The second-order valence-corrected chi connectivity index (χ2v) is 3.39. The fourth-order valence-electron chi connectivity index (χ4n) is 1.62. The number of ether oxygens (including phenoxy) is 1. The normalized spacial score (nSPS) is 19.8. The van der Waals surface area contributed by atoms with Gasteiger partial charge in [0.05, 0.1) is 16.8 Å². The van der Waals surface area contributed by atoms with Gasteiger partial charge >= 0.3 is 12.2 Å². The number of fused-ring (bicyclic) bond motifs is 1. The van der Waals surface area contributed by atoms with E-state index in [-0.39, 0.29) is 11.4 Å². The summed E-state index contributed by atoms with van der Waals surface area (Å²) in [6.45, 7) is 0. The summed E-state index contributed by atoms with van der Waals surface area (Å²) >= 11 is 0. The van der Waals surface area contributed by atoms with Crippen LogP contribution in [-0.4, -0.2) is 7.05 Å². The van der Waals surface area contributed by atoms with E-state index in [1.54, 1.807) is 0 Å². The lowest BCUT2D eigenvalue weighted by atomic mass is 10.1. The third-order valence-electron chi connectivity index (χ3n) is 2.39. The van der Waals surface area contributed by atoms with Gasteiger partial charge in [-0.3, -0.25) is 0 Å². The highest BCUT2D eigenvalue weighted by atomic mass is 19.3. The van der Waals surface area contributed by atoms with E-state index in [2.05, 4.69) is 15.2 Å². The summed E-state index contributed by atoms with van der Waals surface area (Å²) in [7, 11) is 1.35. The Balaban J connectivity index is 2.71. The van der Waals surface area contributed by atoms with E-state index in [0.29, 0.717) is 6.07 Å². The molecule has 92 valence electrons. The molecule has 1 heterocycles. The maximum absolute atomic E-state index is 13.1. The van der Waals surface area contributed by atoms with Gasteiger partial charge in [0.25, 0.3) is 0 Å². The van der Waals surface area contributed by atoms with E-state index in [9.17, 15) is 22.5 Å². The summed E-state index contributed by atoms with van der Waals surface area (Å²) in [5.41, 5.74) is -2.47. The van der Waals surface area contributed by atoms with Crippen LogP contribution in [0.25, 0.3) is 0 Å². The monoisotopic (exact) mass is 250 g/mol. The number of alkyl halides is 4. The molecule has 0 spiro atoms. The van der Waals surface area contributed by atoms with E-state index in [1.807, 2.05) is 0 Å². The molecule has 0 atom stereocenters. The van der Waals surface area contributed by atoms with E-state index < -0.39 is 23.3 Å². The zero-order chi connectivity index (χ0) is 12.8. The van der Waals surface area contributed by atoms with Crippen LogP contribution in [0, 0.1) is 4.91 Å². The molecule has 2 rings (SSSR count). The maximum Gasteiger partial charge on any atom is 0.388 e. The maximum atomic E-state index is 13.1. The fraction of sp³-hybridized carbons (Fsp3) is 0.333. The minimum Gasteiger partial charge on any atom is -0.386 e. The largest absolute Gasteiger partial charge is 0.388 e. The summed E-state index contributed by atoms with van der Waals surface area (Å²) in [6, 6.07) is 1.32. The van der Waals surface area contributed by atoms with Crippen molar-refractivity contribution in [2.24, 2.45) is 5.18 Å². The van der Waals surface area contributed by atoms with Crippen molar-refractivity contribution in [2.45, 2.75) is 12.2 Å². The topological polar surface area (TPSA) is 50.7 Å². The zero-order valence-corrected chi connectivity index (χ0v) is 8.43. The molecule has 8 heteroatoms. The molecule has 1 aliphatic rings. The van der Waals surface area contributed by atoms with Crippen LogP contribution in [0.5, 0.6) is 0 Å². The number of nitrogens with one attached hydrogen (secondary N) is 1. The first-order chi connectivity index (χ1) is 7.81. The van der Waals surface area contributed by atoms with Gasteiger partial charge < -0.3 is 5.32 Å². The third kappa shape index (κ3) is 1.64. The molecule has 0 radical (unpaired) electrons. The van der Waals surface area contributed by atoms with Gasteiger partial charge in [0, 0.05) is 7.05 Å². The zero-order valence-electron chi connectivity index (χ0n) is 8.43. The molecule has 0 amide bonds. The molecule has 1 aromatic rings. The number of anilines is 1. The van der Waals surface area contributed by atoms with Gasteiger partial charge in [0.15, 0.2) is 0 Å². The Morgan fingerprint density at radius 3 is 2.18 bits per heavy atom. The van der Waals surface area contributed by atoms with E-state index in [4.69, 9.17) is 0 Å². The van der Waals surface area contributed by atoms with E-state index in [1.165, 1.54) is 7.05 Å². The van der Waals surface area contributed by atoms with Crippen molar-refractivity contribution in [1.82, 2.24) is 0 Å². The fourth-order valence-corrected chi connectivity index (χ4v) is 1.62. The molecule has 0 saturated carbocycles. The van der Waals surface area contributed by atoms with Crippen molar-refractivity contribution in [1.29, 1.82) is 0 Å². The minimum atomic E-state index is -4.13. The highest BCUT2D eigenvalue weighted by Gasteiger charge is 2.57. The molecule has 0 saturated heterocycles. The van der Waals surface area contributed by atoms with Crippen LogP contribution in [0.15, 0.2) is 17.3 Å². The van der Waals surface area contributed by atoms with Gasteiger partial charge in [-0.1, -0.05) is 0 Å². The Morgan fingerprint density at radius 2 is 1.71 bits per heavy atom. The number of nitroso groups, excluding NO2 is 1. The highest BCUT2D eigenvalue weighted by molar-refractivity contribution is 5.69. The SMILES string of the molecule is CNc1cc2c(cc1N=O)C(F)(F)OC2(F)F. The lowest BCUT2D eigenvalue weighted by Crippen LogP contribution is -2.17. The Kier molecular flexibility index (Phi) is 2.35. The van der Waals surface area contributed by atoms with Gasteiger partial charge in [0.1, 0.15) is 5.69 Å². The molecule has 0 aliphatic carbocycles. The smallest absolute Gasteiger partial charge is 0.386 e. The van der Waals surface area contributed by atoms with Crippen LogP contribution >= 0.6 is 0 Å². The van der Waals surface area contributed by atoms with Gasteiger partial charge in [0.2, 0.25) is 0 Å². The van der Waals surface area contributed by atoms with Gasteiger partial charge in [-0.25, -0.2) is 4.74 Å². The summed E-state index contributed by atoms with van der Waals surface area (Å²) < 4.78 is 55.9. The van der Waals surface area contributed by atoms with Crippen LogP contribution in [0.3, 0.4) is 0 Å². The molecule has 1 aromatic carbocycles. The summed E-state index contributed by atoms with van der Waals surface area (Å²) in [5.74, 6) is 0. The number of nitrogens with zero attached hydrogens (tertiary/aromatic N) is 1. The molecule has 1 N–H and O–H groups in total. The second kappa shape index (κ2) is 3.39. The number of halogens is 4. The highest BCUT2D eigenvalue weighted by Crippen LogP contribution is 2.53. The Labute approximate surface area is 92.5 Å². The Morgan fingerprint density at radius 1 is 1.18 bits per heavy atom. The van der Waals surface area contributed by atoms with Crippen molar-refractivity contribution in [3.63, 3.8) is 0 Å². The third-order valence-corrected chi connectivity index (χ3v) is 2.39. The molecular weight excluding hydrogens is 244 g/mol. The predicted molar refractivity (Wildman–Crippen MR) is 50.3 cm³/mol. The number of rotatable bonds is 2. The quantitative estimate of drug-likeness (QED) is 0.647. The number of hydrogen-bond donors (Lipinski definition) is 1. The Bertz CT molecular complexity index is 490. The molecule has 4 nitrogen and oxygen atoms in total. The van der Waals surface area contributed by atoms with Crippen LogP contribution in [0.2, 0.25) is 0 Å². The van der Waals surface area contributed by atoms with Gasteiger partial charge in [-0.15, -0.1) is 4.91 Å². The number of hydrogen-bond acceptors (Lipinski definition) is 4. The van der Waals surface area contributed by atoms with Crippen molar-refractivity contribution in [2.75, 3.05) is 12.4 Å². The lowest BCUT2D eigenvalue weighted by molar-refractivity contribution is -0.369. The van der Waals surface area contributed by atoms with Crippen molar-refractivity contribution in [3.8, 4) is 0 Å². The Hall–Kier alpha value is -1.70. The molecule has 0 unspecified atom stereocenters. The van der Waals surface area contributed by atoms with Crippen LogP contribution in [0.1, 0.15) is 11.1 Å². The first-order valence-electron chi connectivity index (χ1n) is 4.48. The first-order valence-corrected chi connectivity index (χ1v) is 4.48. The van der Waals surface area contributed by atoms with Crippen LogP contribution in [-0.2, 0) is 17.0 Å². The lowest BCUT2D eigenvalue weighted by Gasteiger charge is -2.10. The predicted octanol–water partition coefficient (Wildman–Crippen LogP) is 3.26. The van der Waals surface area contributed by atoms with Crippen LogP contribution in [0.4, 0.5) is 28.9 Å². The average molecular weight is 250 g/mol. The molecule has 0 aromatic heterocycles. The summed E-state index contributed by atoms with van der Waals surface area (Å²) in [4.78, 5) is 10.4. The average Bonchev–Trinajstić information content (AvgIpc) is 2.42. The minimum absolute atomic E-state index is 0.0697. The second-order valence-electron chi connectivity index (χ2n) is 3.39. The van der Waals surface area contributed by atoms with E-state index in [0.717, 1.165) is 6.07 Å². The first kappa shape index (κ1) is 11.8. The van der Waals surface area contributed by atoms with E-state index >= 15 is 0 Å². The molecular formula is C9H6F4N2O2.